The smallest absolute Gasteiger partial charge is 0.230 e. The lowest BCUT2D eigenvalue weighted by molar-refractivity contribution is -0.134. The molecule has 8 heteroatoms. The maximum absolute atomic E-state index is 14.0. The van der Waals surface area contributed by atoms with Crippen molar-refractivity contribution < 1.29 is 18.4 Å². The SMILES string of the molecule is CC1CC2CC(C(N)CNC(=O)C3(c4ccc(F)c(F)c4)CCCC3)CC(C(=O)Nc3ccncc3)(C1)C2. The van der Waals surface area contributed by atoms with Gasteiger partial charge in [-0.3, -0.25) is 14.6 Å². The summed E-state index contributed by atoms with van der Waals surface area (Å²) in [4.78, 5) is 31.1. The second-order valence-electron chi connectivity index (χ2n) is 12.1. The molecule has 6 nitrogen and oxygen atoms in total. The van der Waals surface area contributed by atoms with E-state index in [9.17, 15) is 18.4 Å². The van der Waals surface area contributed by atoms with Gasteiger partial charge in [0.1, 0.15) is 0 Å². The normalized spacial score (nSPS) is 28.9. The number of amides is 2. The van der Waals surface area contributed by atoms with Crippen molar-refractivity contribution in [1.82, 2.24) is 10.3 Å². The molecule has 1 aromatic heterocycles. The van der Waals surface area contributed by atoms with Gasteiger partial charge in [0.25, 0.3) is 0 Å². The van der Waals surface area contributed by atoms with Gasteiger partial charge in [-0.2, -0.15) is 0 Å². The molecule has 2 amide bonds. The molecule has 0 saturated heterocycles. The Morgan fingerprint density at radius 1 is 1.03 bits per heavy atom. The minimum absolute atomic E-state index is 0.0458. The number of halogens is 2. The summed E-state index contributed by atoms with van der Waals surface area (Å²) in [6.45, 7) is 2.51. The highest BCUT2D eigenvalue weighted by Crippen LogP contribution is 2.54. The van der Waals surface area contributed by atoms with Gasteiger partial charge in [-0.1, -0.05) is 25.8 Å². The van der Waals surface area contributed by atoms with Crippen molar-refractivity contribution >= 4 is 17.5 Å². The summed E-state index contributed by atoms with van der Waals surface area (Å²) in [5.41, 5.74) is 6.63. The zero-order chi connectivity index (χ0) is 26.9. The Labute approximate surface area is 223 Å². The molecule has 2 bridgehead atoms. The average molecular weight is 525 g/mol. The van der Waals surface area contributed by atoms with Crippen LogP contribution in [0.3, 0.4) is 0 Å². The van der Waals surface area contributed by atoms with Crippen LogP contribution in [0, 0.1) is 34.8 Å². The summed E-state index contributed by atoms with van der Waals surface area (Å²) in [5.74, 6) is -0.985. The Bertz CT molecular complexity index is 1170. The fourth-order valence-corrected chi connectivity index (χ4v) is 7.67. The summed E-state index contributed by atoms with van der Waals surface area (Å²) >= 11 is 0. The van der Waals surface area contributed by atoms with Gasteiger partial charge in [0.2, 0.25) is 11.8 Å². The molecule has 38 heavy (non-hydrogen) atoms. The molecule has 5 rings (SSSR count). The van der Waals surface area contributed by atoms with Crippen molar-refractivity contribution in [1.29, 1.82) is 0 Å². The highest BCUT2D eigenvalue weighted by Gasteiger charge is 2.51. The molecular weight excluding hydrogens is 486 g/mol. The Morgan fingerprint density at radius 2 is 1.76 bits per heavy atom. The van der Waals surface area contributed by atoms with E-state index in [4.69, 9.17) is 5.73 Å². The number of nitrogens with two attached hydrogens (primary N) is 1. The molecule has 0 spiro atoms. The number of hydrogen-bond acceptors (Lipinski definition) is 4. The van der Waals surface area contributed by atoms with Crippen LogP contribution in [-0.2, 0) is 15.0 Å². The van der Waals surface area contributed by atoms with Gasteiger partial charge < -0.3 is 16.4 Å². The molecule has 5 unspecified atom stereocenters. The topological polar surface area (TPSA) is 97.1 Å². The summed E-state index contributed by atoms with van der Waals surface area (Å²) in [6, 6.07) is 7.08. The molecule has 1 aromatic carbocycles. The number of carbonyl (C=O) groups is 2. The molecule has 5 atom stereocenters. The molecule has 2 aromatic rings. The summed E-state index contributed by atoms with van der Waals surface area (Å²) in [7, 11) is 0. The number of hydrogen-bond donors (Lipinski definition) is 3. The van der Waals surface area contributed by atoms with Crippen LogP contribution in [0.5, 0.6) is 0 Å². The lowest BCUT2D eigenvalue weighted by atomic mass is 9.55. The number of benzene rings is 1. The number of nitrogens with zero attached hydrogens (tertiary/aromatic N) is 1. The maximum Gasteiger partial charge on any atom is 0.230 e. The first-order valence-electron chi connectivity index (χ1n) is 13.9. The Morgan fingerprint density at radius 3 is 2.47 bits per heavy atom. The largest absolute Gasteiger partial charge is 0.354 e. The minimum atomic E-state index is -0.934. The molecule has 3 aliphatic carbocycles. The van der Waals surface area contributed by atoms with Crippen molar-refractivity contribution in [2.24, 2.45) is 28.9 Å². The number of pyridine rings is 1. The number of carbonyl (C=O) groups excluding carboxylic acids is 2. The molecule has 3 saturated carbocycles. The van der Waals surface area contributed by atoms with Crippen molar-refractivity contribution in [3.05, 3.63) is 59.9 Å². The van der Waals surface area contributed by atoms with Crippen LogP contribution >= 0.6 is 0 Å². The molecule has 3 aliphatic rings. The standard InChI is InChI=1S/C30H38F2N4O2/c1-19-12-20-13-21(17-29(15-19,16-20)27(37)36-23-6-10-34-11-7-23)26(33)18-35-28(38)30(8-2-3-9-30)22-4-5-24(31)25(32)14-22/h4-7,10-11,14,19-21,26H,2-3,8-9,12-13,15-18,33H2,1H3,(H,35,38)(H,34,36,37). The van der Waals surface area contributed by atoms with Gasteiger partial charge in [-0.05, 0) is 92.5 Å². The summed E-state index contributed by atoms with van der Waals surface area (Å²) in [6.07, 6.45) is 10.7. The van der Waals surface area contributed by atoms with Crippen LogP contribution in [0.4, 0.5) is 14.5 Å². The van der Waals surface area contributed by atoms with E-state index in [-0.39, 0.29) is 23.8 Å². The predicted octanol–water partition coefficient (Wildman–Crippen LogP) is 5.09. The van der Waals surface area contributed by atoms with E-state index in [2.05, 4.69) is 22.5 Å². The third-order valence-electron chi connectivity index (χ3n) is 9.33. The quantitative estimate of drug-likeness (QED) is 0.470. The maximum atomic E-state index is 14.0. The van der Waals surface area contributed by atoms with Crippen LogP contribution in [0.25, 0.3) is 0 Å². The molecule has 0 radical (unpaired) electrons. The van der Waals surface area contributed by atoms with Crippen molar-refractivity contribution in [3.8, 4) is 0 Å². The van der Waals surface area contributed by atoms with E-state index >= 15 is 0 Å². The molecule has 204 valence electrons. The van der Waals surface area contributed by atoms with Gasteiger partial charge in [0.15, 0.2) is 11.6 Å². The summed E-state index contributed by atoms with van der Waals surface area (Å²) < 4.78 is 27.6. The molecule has 0 aliphatic heterocycles. The predicted molar refractivity (Wildman–Crippen MR) is 142 cm³/mol. The van der Waals surface area contributed by atoms with E-state index in [0.717, 1.165) is 56.3 Å². The van der Waals surface area contributed by atoms with Crippen LogP contribution in [0.15, 0.2) is 42.7 Å². The Kier molecular flexibility index (Phi) is 7.54. The van der Waals surface area contributed by atoms with Crippen LogP contribution in [-0.4, -0.2) is 29.4 Å². The Balaban J connectivity index is 1.28. The number of anilines is 1. The van der Waals surface area contributed by atoms with Crippen LogP contribution in [0.1, 0.15) is 70.3 Å². The highest BCUT2D eigenvalue weighted by atomic mass is 19.2. The number of nitrogens with one attached hydrogen (secondary N) is 2. The van der Waals surface area contributed by atoms with Crippen molar-refractivity contribution in [2.45, 2.75) is 76.2 Å². The van der Waals surface area contributed by atoms with E-state index in [1.165, 1.54) is 6.07 Å². The van der Waals surface area contributed by atoms with E-state index < -0.39 is 22.5 Å². The monoisotopic (exact) mass is 524 g/mol. The van der Waals surface area contributed by atoms with Crippen LogP contribution < -0.4 is 16.4 Å². The van der Waals surface area contributed by atoms with E-state index in [1.54, 1.807) is 24.5 Å². The average Bonchev–Trinajstić information content (AvgIpc) is 3.40. The molecule has 4 N–H and O–H groups in total. The third-order valence-corrected chi connectivity index (χ3v) is 9.33. The second kappa shape index (κ2) is 10.7. The fourth-order valence-electron chi connectivity index (χ4n) is 7.67. The van der Waals surface area contributed by atoms with Crippen LogP contribution in [0.2, 0.25) is 0 Å². The van der Waals surface area contributed by atoms with Crippen molar-refractivity contribution in [2.75, 3.05) is 11.9 Å². The molecule has 1 heterocycles. The van der Waals surface area contributed by atoms with Gasteiger partial charge >= 0.3 is 0 Å². The lowest BCUT2D eigenvalue weighted by Crippen LogP contribution is -2.53. The highest BCUT2D eigenvalue weighted by molar-refractivity contribution is 5.95. The Hall–Kier alpha value is -2.87. The first-order valence-corrected chi connectivity index (χ1v) is 13.9. The fraction of sp³-hybridized carbons (Fsp3) is 0.567. The summed E-state index contributed by atoms with van der Waals surface area (Å²) in [5, 5.41) is 6.17. The first kappa shape index (κ1) is 26.7. The van der Waals surface area contributed by atoms with Gasteiger partial charge in [-0.25, -0.2) is 8.78 Å². The molecule has 3 fully saturated rings. The third kappa shape index (κ3) is 5.20. The lowest BCUT2D eigenvalue weighted by Gasteiger charge is -2.50. The first-order chi connectivity index (χ1) is 18.2. The minimum Gasteiger partial charge on any atom is -0.354 e. The van der Waals surface area contributed by atoms with Crippen molar-refractivity contribution in [3.63, 3.8) is 0 Å². The van der Waals surface area contributed by atoms with Gasteiger partial charge in [0, 0.05) is 30.7 Å². The number of fused-ring (bicyclic) bond motifs is 2. The van der Waals surface area contributed by atoms with Gasteiger partial charge in [-0.15, -0.1) is 0 Å². The number of aromatic nitrogens is 1. The molecular formula is C30H38F2N4O2. The number of rotatable bonds is 7. The van der Waals surface area contributed by atoms with E-state index in [1.807, 2.05) is 0 Å². The second-order valence-corrected chi connectivity index (χ2v) is 12.1. The van der Waals surface area contributed by atoms with Gasteiger partial charge in [0.05, 0.1) is 10.8 Å². The zero-order valence-corrected chi connectivity index (χ0v) is 22.0. The zero-order valence-electron chi connectivity index (χ0n) is 22.0. The van der Waals surface area contributed by atoms with E-state index in [0.29, 0.717) is 43.2 Å².